The summed E-state index contributed by atoms with van der Waals surface area (Å²) < 4.78 is 1.80. The average molecular weight is 208 g/mol. The third-order valence-electron chi connectivity index (χ3n) is 3.47. The number of aromatic nitrogens is 2. The quantitative estimate of drug-likeness (QED) is 0.767. The molecule has 0 aromatic carbocycles. The van der Waals surface area contributed by atoms with Crippen molar-refractivity contribution in [1.82, 2.24) is 9.78 Å². The van der Waals surface area contributed by atoms with E-state index in [9.17, 15) is 5.11 Å². The highest BCUT2D eigenvalue weighted by atomic mass is 16.3. The van der Waals surface area contributed by atoms with Crippen molar-refractivity contribution >= 4 is 0 Å². The Bertz CT molecular complexity index is 335. The minimum atomic E-state index is -0.664. The number of hydrogen-bond donors (Lipinski definition) is 1. The highest BCUT2D eigenvalue weighted by Gasteiger charge is 2.39. The summed E-state index contributed by atoms with van der Waals surface area (Å²) in [5, 5.41) is 14.8. The summed E-state index contributed by atoms with van der Waals surface area (Å²) in [6.07, 6.45) is 4.70. The lowest BCUT2D eigenvalue weighted by atomic mass is 9.72. The van der Waals surface area contributed by atoms with Crippen molar-refractivity contribution in [3.8, 4) is 0 Å². The molecule has 2 unspecified atom stereocenters. The molecule has 84 valence electrons. The summed E-state index contributed by atoms with van der Waals surface area (Å²) in [5.74, 6) is 1.18. The first kappa shape index (κ1) is 10.7. The Hall–Kier alpha value is -0.830. The smallest absolute Gasteiger partial charge is 0.107 e. The zero-order valence-corrected chi connectivity index (χ0v) is 9.77. The number of hydrogen-bond acceptors (Lipinski definition) is 2. The molecule has 2 atom stereocenters. The lowest BCUT2D eigenvalue weighted by molar-refractivity contribution is -0.0425. The minimum Gasteiger partial charge on any atom is -0.384 e. The first-order valence-corrected chi connectivity index (χ1v) is 5.72. The Kier molecular flexibility index (Phi) is 2.59. The first-order valence-electron chi connectivity index (χ1n) is 5.72. The molecule has 15 heavy (non-hydrogen) atoms. The maximum atomic E-state index is 10.7. The molecule has 1 heterocycles. The van der Waals surface area contributed by atoms with Gasteiger partial charge in [0.1, 0.15) is 5.60 Å². The Balaban J connectivity index is 2.29. The molecule has 2 rings (SSSR count). The third kappa shape index (κ3) is 1.93. The van der Waals surface area contributed by atoms with E-state index in [1.54, 1.807) is 10.9 Å². The highest BCUT2D eigenvalue weighted by molar-refractivity contribution is 5.13. The van der Waals surface area contributed by atoms with E-state index in [0.717, 1.165) is 18.5 Å². The summed E-state index contributed by atoms with van der Waals surface area (Å²) in [5.41, 5.74) is 0.295. The summed E-state index contributed by atoms with van der Waals surface area (Å²) in [6.45, 7) is 4.44. The molecule has 1 aromatic heterocycles. The fourth-order valence-electron chi connectivity index (χ4n) is 3.13. The van der Waals surface area contributed by atoms with Crippen molar-refractivity contribution in [3.63, 3.8) is 0 Å². The van der Waals surface area contributed by atoms with Gasteiger partial charge < -0.3 is 5.11 Å². The van der Waals surface area contributed by atoms with Gasteiger partial charge in [0.05, 0.1) is 5.69 Å². The van der Waals surface area contributed by atoms with Gasteiger partial charge in [0.2, 0.25) is 0 Å². The van der Waals surface area contributed by atoms with E-state index in [0.29, 0.717) is 11.8 Å². The van der Waals surface area contributed by atoms with E-state index in [-0.39, 0.29) is 0 Å². The van der Waals surface area contributed by atoms with E-state index in [1.165, 1.54) is 6.42 Å². The van der Waals surface area contributed by atoms with Crippen LogP contribution in [0.2, 0.25) is 0 Å². The molecular formula is C12H20N2O. The predicted molar refractivity (Wildman–Crippen MR) is 59.3 cm³/mol. The molecular weight excluding hydrogens is 188 g/mol. The van der Waals surface area contributed by atoms with Gasteiger partial charge in [0, 0.05) is 13.2 Å². The molecule has 1 aliphatic rings. The largest absolute Gasteiger partial charge is 0.384 e. The molecule has 0 bridgehead atoms. The Morgan fingerprint density at radius 2 is 2.00 bits per heavy atom. The Morgan fingerprint density at radius 1 is 1.40 bits per heavy atom. The van der Waals surface area contributed by atoms with Gasteiger partial charge >= 0.3 is 0 Å². The first-order chi connectivity index (χ1) is 7.01. The highest BCUT2D eigenvalue weighted by Crippen LogP contribution is 2.42. The van der Waals surface area contributed by atoms with Gasteiger partial charge in [-0.25, -0.2) is 0 Å². The fraction of sp³-hybridized carbons (Fsp3) is 0.750. The van der Waals surface area contributed by atoms with E-state index in [4.69, 9.17) is 0 Å². The van der Waals surface area contributed by atoms with E-state index in [1.807, 2.05) is 13.1 Å². The number of nitrogens with zero attached hydrogens (tertiary/aromatic N) is 2. The van der Waals surface area contributed by atoms with Crippen LogP contribution in [0.4, 0.5) is 0 Å². The Morgan fingerprint density at radius 3 is 2.47 bits per heavy atom. The van der Waals surface area contributed by atoms with Crippen LogP contribution in [0.25, 0.3) is 0 Å². The predicted octanol–water partition coefficient (Wildman–Crippen LogP) is 2.06. The second-order valence-corrected chi connectivity index (χ2v) is 5.23. The van der Waals surface area contributed by atoms with Gasteiger partial charge in [-0.15, -0.1) is 0 Å². The summed E-state index contributed by atoms with van der Waals surface area (Å²) in [7, 11) is 1.90. The van der Waals surface area contributed by atoms with Gasteiger partial charge in [-0.05, 0) is 37.2 Å². The number of aryl methyl sites for hydroxylation is 1. The zero-order chi connectivity index (χ0) is 11.1. The van der Waals surface area contributed by atoms with Crippen LogP contribution in [-0.2, 0) is 12.6 Å². The van der Waals surface area contributed by atoms with Crippen LogP contribution in [0.3, 0.4) is 0 Å². The molecule has 1 saturated carbocycles. The second kappa shape index (κ2) is 3.63. The second-order valence-electron chi connectivity index (χ2n) is 5.23. The molecule has 0 amide bonds. The van der Waals surface area contributed by atoms with Crippen LogP contribution in [0, 0.1) is 11.8 Å². The van der Waals surface area contributed by atoms with Gasteiger partial charge in [-0.3, -0.25) is 4.68 Å². The SMILES string of the molecule is CC1CC(C)CC(O)(c2ccnn2C)C1. The van der Waals surface area contributed by atoms with Crippen molar-refractivity contribution < 1.29 is 5.11 Å². The van der Waals surface area contributed by atoms with Crippen molar-refractivity contribution in [3.05, 3.63) is 18.0 Å². The molecule has 1 fully saturated rings. The van der Waals surface area contributed by atoms with Crippen molar-refractivity contribution in [2.45, 2.75) is 38.7 Å². The van der Waals surface area contributed by atoms with E-state index < -0.39 is 5.60 Å². The molecule has 1 aromatic rings. The maximum absolute atomic E-state index is 10.7. The molecule has 0 spiro atoms. The fourth-order valence-corrected chi connectivity index (χ4v) is 3.13. The van der Waals surface area contributed by atoms with E-state index >= 15 is 0 Å². The third-order valence-corrected chi connectivity index (χ3v) is 3.47. The minimum absolute atomic E-state index is 0.591. The molecule has 1 aliphatic carbocycles. The van der Waals surface area contributed by atoms with Gasteiger partial charge in [0.15, 0.2) is 0 Å². The summed E-state index contributed by atoms with van der Waals surface area (Å²) in [6, 6.07) is 1.94. The lowest BCUT2D eigenvalue weighted by Crippen LogP contribution is -2.37. The van der Waals surface area contributed by atoms with Gasteiger partial charge in [-0.2, -0.15) is 5.10 Å². The normalized spacial score (nSPS) is 36.8. The van der Waals surface area contributed by atoms with Crippen molar-refractivity contribution in [2.24, 2.45) is 18.9 Å². The topological polar surface area (TPSA) is 38.1 Å². The van der Waals surface area contributed by atoms with Gasteiger partial charge in [0.25, 0.3) is 0 Å². The number of aliphatic hydroxyl groups is 1. The van der Waals surface area contributed by atoms with Crippen LogP contribution < -0.4 is 0 Å². The standard InChI is InChI=1S/C12H20N2O/c1-9-6-10(2)8-12(15,7-9)11-4-5-13-14(11)3/h4-5,9-10,15H,6-8H2,1-3H3. The van der Waals surface area contributed by atoms with E-state index in [2.05, 4.69) is 18.9 Å². The van der Waals surface area contributed by atoms with Crippen LogP contribution in [0.15, 0.2) is 12.3 Å². The molecule has 3 heteroatoms. The lowest BCUT2D eigenvalue weighted by Gasteiger charge is -2.38. The molecule has 0 saturated heterocycles. The molecule has 0 radical (unpaired) electrons. The van der Waals surface area contributed by atoms with Crippen molar-refractivity contribution in [1.29, 1.82) is 0 Å². The van der Waals surface area contributed by atoms with Gasteiger partial charge in [-0.1, -0.05) is 13.8 Å². The van der Waals surface area contributed by atoms with Crippen LogP contribution >= 0.6 is 0 Å². The zero-order valence-electron chi connectivity index (χ0n) is 9.77. The van der Waals surface area contributed by atoms with Crippen LogP contribution in [0.1, 0.15) is 38.8 Å². The molecule has 0 aliphatic heterocycles. The summed E-state index contributed by atoms with van der Waals surface area (Å²) >= 11 is 0. The van der Waals surface area contributed by atoms with Crippen LogP contribution in [0.5, 0.6) is 0 Å². The Labute approximate surface area is 91.1 Å². The summed E-state index contributed by atoms with van der Waals surface area (Å²) in [4.78, 5) is 0. The van der Waals surface area contributed by atoms with Crippen molar-refractivity contribution in [2.75, 3.05) is 0 Å². The molecule has 1 N–H and O–H groups in total. The number of rotatable bonds is 1. The monoisotopic (exact) mass is 208 g/mol. The molecule has 3 nitrogen and oxygen atoms in total. The maximum Gasteiger partial charge on any atom is 0.107 e. The van der Waals surface area contributed by atoms with Crippen LogP contribution in [-0.4, -0.2) is 14.9 Å². The average Bonchev–Trinajstić information content (AvgIpc) is 2.48.